The van der Waals surface area contributed by atoms with Crippen LogP contribution in [-0.4, -0.2) is 61.6 Å². The molecule has 6 rings (SSSR count). The van der Waals surface area contributed by atoms with Gasteiger partial charge in [-0.3, -0.25) is 14.9 Å². The van der Waals surface area contributed by atoms with Crippen molar-refractivity contribution in [1.82, 2.24) is 30.0 Å². The van der Waals surface area contributed by atoms with Crippen LogP contribution in [0.1, 0.15) is 49.8 Å². The molecule has 5 heterocycles. The molecular formula is C25H30N8O. The third kappa shape index (κ3) is 3.99. The van der Waals surface area contributed by atoms with E-state index in [0.717, 1.165) is 92.9 Å². The van der Waals surface area contributed by atoms with Crippen molar-refractivity contribution >= 4 is 23.5 Å². The van der Waals surface area contributed by atoms with Crippen molar-refractivity contribution in [2.75, 3.05) is 29.9 Å². The van der Waals surface area contributed by atoms with Crippen LogP contribution in [0.3, 0.4) is 0 Å². The van der Waals surface area contributed by atoms with E-state index < -0.39 is 0 Å². The van der Waals surface area contributed by atoms with Gasteiger partial charge in [0.15, 0.2) is 5.82 Å². The second-order valence-electron chi connectivity index (χ2n) is 9.42. The first-order chi connectivity index (χ1) is 16.8. The molecule has 0 spiro atoms. The first-order valence-electron chi connectivity index (χ1n) is 12.4. The number of aryl methyl sites for hydroxylation is 1. The summed E-state index contributed by atoms with van der Waals surface area (Å²) in [5.41, 5.74) is 4.13. The molecule has 9 heteroatoms. The zero-order chi connectivity index (χ0) is 22.9. The fourth-order valence-corrected chi connectivity index (χ4v) is 5.42. The number of hydrogen-bond acceptors (Lipinski definition) is 7. The summed E-state index contributed by atoms with van der Waals surface area (Å²) < 4.78 is 0. The third-order valence-corrected chi connectivity index (χ3v) is 7.18. The van der Waals surface area contributed by atoms with Crippen molar-refractivity contribution in [3.8, 4) is 11.3 Å². The number of nitrogens with one attached hydrogen (secondary N) is 2. The zero-order valence-corrected chi connectivity index (χ0v) is 19.3. The Labute approximate surface area is 199 Å². The van der Waals surface area contributed by atoms with E-state index in [0.29, 0.717) is 11.8 Å². The van der Waals surface area contributed by atoms with Gasteiger partial charge in [0, 0.05) is 49.2 Å². The van der Waals surface area contributed by atoms with Crippen LogP contribution >= 0.6 is 0 Å². The fourth-order valence-electron chi connectivity index (χ4n) is 5.42. The summed E-state index contributed by atoms with van der Waals surface area (Å²) in [6, 6.07) is 5.72. The first kappa shape index (κ1) is 21.1. The van der Waals surface area contributed by atoms with E-state index in [9.17, 15) is 4.79 Å². The second kappa shape index (κ2) is 9.04. The highest BCUT2D eigenvalue weighted by molar-refractivity contribution is 5.85. The van der Waals surface area contributed by atoms with Gasteiger partial charge in [-0.25, -0.2) is 4.98 Å². The number of carbonyl (C=O) groups is 1. The first-order valence-corrected chi connectivity index (χ1v) is 12.4. The molecule has 0 bridgehead atoms. The number of amides is 1. The maximum Gasteiger partial charge on any atom is 0.245 e. The number of aromatic amines is 1. The number of H-pyrrole nitrogens is 1. The van der Waals surface area contributed by atoms with Crippen molar-refractivity contribution in [3.05, 3.63) is 41.9 Å². The Morgan fingerprint density at radius 2 is 1.97 bits per heavy atom. The van der Waals surface area contributed by atoms with Crippen LogP contribution < -0.4 is 10.2 Å². The Balaban J connectivity index is 1.27. The highest BCUT2D eigenvalue weighted by Crippen LogP contribution is 2.33. The summed E-state index contributed by atoms with van der Waals surface area (Å²) in [6.45, 7) is 2.56. The van der Waals surface area contributed by atoms with Crippen LogP contribution in [0.5, 0.6) is 0 Å². The van der Waals surface area contributed by atoms with Gasteiger partial charge in [-0.15, -0.1) is 0 Å². The minimum Gasteiger partial charge on any atom is -0.341 e. The van der Waals surface area contributed by atoms with E-state index >= 15 is 0 Å². The van der Waals surface area contributed by atoms with Gasteiger partial charge in [-0.05, 0) is 63.5 Å². The smallest absolute Gasteiger partial charge is 0.245 e. The third-order valence-electron chi connectivity index (χ3n) is 7.18. The van der Waals surface area contributed by atoms with Gasteiger partial charge in [0.2, 0.25) is 11.9 Å². The minimum atomic E-state index is -0.159. The lowest BCUT2D eigenvalue weighted by atomic mass is 10.1. The van der Waals surface area contributed by atoms with Gasteiger partial charge < -0.3 is 15.1 Å². The molecule has 3 aromatic heterocycles. The van der Waals surface area contributed by atoms with Crippen LogP contribution in [0.15, 0.2) is 30.6 Å². The highest BCUT2D eigenvalue weighted by Gasteiger charge is 2.36. The number of hydrogen-bond donors (Lipinski definition) is 2. The van der Waals surface area contributed by atoms with E-state index in [4.69, 9.17) is 9.97 Å². The lowest BCUT2D eigenvalue weighted by Crippen LogP contribution is -2.48. The van der Waals surface area contributed by atoms with Crippen LogP contribution in [0, 0.1) is 0 Å². The van der Waals surface area contributed by atoms with Crippen LogP contribution in [0.2, 0.25) is 0 Å². The molecule has 1 aliphatic carbocycles. The van der Waals surface area contributed by atoms with Crippen molar-refractivity contribution in [2.24, 2.45) is 0 Å². The minimum absolute atomic E-state index is 0.159. The number of fused-ring (bicyclic) bond motifs is 1. The normalized spacial score (nSPS) is 19.9. The predicted molar refractivity (Wildman–Crippen MR) is 130 cm³/mol. The number of pyridine rings is 1. The quantitative estimate of drug-likeness (QED) is 0.603. The lowest BCUT2D eigenvalue weighted by molar-refractivity contribution is -0.133. The molecule has 1 atom stereocenters. The number of piperidine rings is 1. The van der Waals surface area contributed by atoms with Gasteiger partial charge in [-0.1, -0.05) is 0 Å². The summed E-state index contributed by atoms with van der Waals surface area (Å²) in [7, 11) is 0. The monoisotopic (exact) mass is 458 g/mol. The van der Waals surface area contributed by atoms with Gasteiger partial charge in [0.1, 0.15) is 11.9 Å². The average Bonchev–Trinajstić information content (AvgIpc) is 3.65. The van der Waals surface area contributed by atoms with Crippen molar-refractivity contribution in [3.63, 3.8) is 0 Å². The van der Waals surface area contributed by atoms with Crippen molar-refractivity contribution in [1.29, 1.82) is 0 Å². The molecule has 0 unspecified atom stereocenters. The standard InChI is InChI=1S/C25H30N8O/c34-24(32-12-2-1-3-13-32)21-10-6-14-33(21)25-27-19-9-4-8-18(19)23(29-25)28-22-15-20(30-31-22)17-7-5-11-26-16-17/h5,7,11,15-16,21H,1-4,6,8-10,12-14H2,(H2,27,28,29,30,31)/t21-/m0/s1. The molecule has 2 N–H and O–H groups in total. The van der Waals surface area contributed by atoms with E-state index in [1.54, 1.807) is 6.20 Å². The number of nitrogens with zero attached hydrogens (tertiary/aromatic N) is 6. The molecule has 0 saturated carbocycles. The Bertz CT molecular complexity index is 1170. The number of likely N-dealkylation sites (tertiary alicyclic amines) is 1. The van der Waals surface area contributed by atoms with E-state index in [-0.39, 0.29) is 11.9 Å². The van der Waals surface area contributed by atoms with E-state index in [2.05, 4.69) is 25.4 Å². The molecule has 2 fully saturated rings. The molecule has 2 saturated heterocycles. The average molecular weight is 459 g/mol. The SMILES string of the molecule is O=C([C@@H]1CCCN1c1nc2c(c(Nc3cc(-c4cccnc4)[nH]n3)n1)CCC2)N1CCCCC1. The van der Waals surface area contributed by atoms with Crippen LogP contribution in [0.4, 0.5) is 17.6 Å². The summed E-state index contributed by atoms with van der Waals surface area (Å²) in [5, 5.41) is 11.0. The van der Waals surface area contributed by atoms with Crippen LogP contribution in [0.25, 0.3) is 11.3 Å². The Kier molecular flexibility index (Phi) is 5.60. The molecule has 3 aliphatic rings. The predicted octanol–water partition coefficient (Wildman–Crippen LogP) is 3.48. The molecular weight excluding hydrogens is 428 g/mol. The Hall–Kier alpha value is -3.49. The van der Waals surface area contributed by atoms with E-state index in [1.807, 2.05) is 29.3 Å². The largest absolute Gasteiger partial charge is 0.341 e. The molecule has 2 aliphatic heterocycles. The van der Waals surface area contributed by atoms with Gasteiger partial charge >= 0.3 is 0 Å². The molecule has 34 heavy (non-hydrogen) atoms. The van der Waals surface area contributed by atoms with Gasteiger partial charge in [-0.2, -0.15) is 10.1 Å². The lowest BCUT2D eigenvalue weighted by Gasteiger charge is -2.32. The van der Waals surface area contributed by atoms with Gasteiger partial charge in [0.05, 0.1) is 11.4 Å². The number of rotatable bonds is 5. The summed E-state index contributed by atoms with van der Waals surface area (Å²) >= 11 is 0. The van der Waals surface area contributed by atoms with Crippen LogP contribution in [-0.2, 0) is 17.6 Å². The van der Waals surface area contributed by atoms with Crippen molar-refractivity contribution in [2.45, 2.75) is 57.4 Å². The molecule has 3 aromatic rings. The molecule has 0 aromatic carbocycles. The zero-order valence-electron chi connectivity index (χ0n) is 19.3. The Morgan fingerprint density at radius 3 is 2.82 bits per heavy atom. The van der Waals surface area contributed by atoms with Gasteiger partial charge in [0.25, 0.3) is 0 Å². The molecule has 0 radical (unpaired) electrons. The topological polar surface area (TPSA) is 103 Å². The Morgan fingerprint density at radius 1 is 1.06 bits per heavy atom. The fraction of sp³-hybridized carbons (Fsp3) is 0.480. The number of carbonyl (C=O) groups excluding carboxylic acids is 1. The van der Waals surface area contributed by atoms with E-state index in [1.165, 1.54) is 6.42 Å². The summed E-state index contributed by atoms with van der Waals surface area (Å²) in [5.74, 6) is 2.42. The molecule has 176 valence electrons. The molecule has 9 nitrogen and oxygen atoms in total. The maximum absolute atomic E-state index is 13.3. The summed E-state index contributed by atoms with van der Waals surface area (Å²) in [4.78, 5) is 31.6. The number of aromatic nitrogens is 5. The van der Waals surface area contributed by atoms with Crippen molar-refractivity contribution < 1.29 is 4.79 Å². The molecule has 1 amide bonds. The number of anilines is 3. The maximum atomic E-state index is 13.3. The summed E-state index contributed by atoms with van der Waals surface area (Å²) in [6.07, 6.45) is 11.8. The highest BCUT2D eigenvalue weighted by atomic mass is 16.2. The second-order valence-corrected chi connectivity index (χ2v) is 9.42.